The second-order valence-corrected chi connectivity index (χ2v) is 9.11. The molecule has 0 spiro atoms. The highest BCUT2D eigenvalue weighted by atomic mass is 16.6. The zero-order valence-corrected chi connectivity index (χ0v) is 20.0. The molecule has 11 heteroatoms. The summed E-state index contributed by atoms with van der Waals surface area (Å²) in [7, 11) is 3.49. The van der Waals surface area contributed by atoms with Crippen molar-refractivity contribution in [1.82, 2.24) is 30.5 Å². The number of rotatable bonds is 7. The fraction of sp³-hybridized carbons (Fsp3) is 0.417. The van der Waals surface area contributed by atoms with Gasteiger partial charge in [0.1, 0.15) is 18.3 Å². The Kier molecular flexibility index (Phi) is 5.93. The van der Waals surface area contributed by atoms with Crippen LogP contribution < -0.4 is 10.2 Å². The molecule has 3 atom stereocenters. The lowest BCUT2D eigenvalue weighted by Crippen LogP contribution is -2.42. The first-order valence-corrected chi connectivity index (χ1v) is 11.5. The molecule has 5 rings (SSSR count). The van der Waals surface area contributed by atoms with E-state index in [1.165, 1.54) is 0 Å². The fourth-order valence-electron chi connectivity index (χ4n) is 4.72. The molecule has 2 aliphatic heterocycles. The van der Waals surface area contributed by atoms with Crippen LogP contribution in [0.1, 0.15) is 19.4 Å². The third-order valence-corrected chi connectivity index (χ3v) is 6.55. The number of aryl methyl sites for hydroxylation is 1. The van der Waals surface area contributed by atoms with Crippen LogP contribution in [0.3, 0.4) is 0 Å². The number of fused-ring (bicyclic) bond motifs is 3. The fourth-order valence-corrected chi connectivity index (χ4v) is 4.72. The molecule has 4 heterocycles. The number of tetrazole rings is 1. The van der Waals surface area contributed by atoms with E-state index in [9.17, 15) is 9.59 Å². The molecule has 0 bridgehead atoms. The van der Waals surface area contributed by atoms with Crippen LogP contribution in [0, 0.1) is 5.92 Å². The lowest BCUT2D eigenvalue weighted by atomic mass is 10.0. The number of hydrogen-bond donors (Lipinski definition) is 1. The van der Waals surface area contributed by atoms with Gasteiger partial charge in [0, 0.05) is 18.8 Å². The highest BCUT2D eigenvalue weighted by molar-refractivity contribution is 5.94. The highest BCUT2D eigenvalue weighted by Crippen LogP contribution is 2.40. The first-order chi connectivity index (χ1) is 16.9. The summed E-state index contributed by atoms with van der Waals surface area (Å²) in [6, 6.07) is 9.19. The average Bonchev–Trinajstić information content (AvgIpc) is 3.52. The Morgan fingerprint density at radius 2 is 2.06 bits per heavy atom. The Bertz CT molecular complexity index is 1260. The summed E-state index contributed by atoms with van der Waals surface area (Å²) < 4.78 is 12.6. The molecule has 1 N–H and O–H groups in total. The van der Waals surface area contributed by atoms with Crippen LogP contribution in [0.5, 0.6) is 0 Å². The Hall–Kier alpha value is -3.86. The van der Waals surface area contributed by atoms with Gasteiger partial charge in [0.2, 0.25) is 0 Å². The molecule has 3 aromatic rings. The summed E-state index contributed by atoms with van der Waals surface area (Å²) in [6.07, 6.45) is 1.46. The molecule has 0 radical (unpaired) electrons. The molecule has 0 aliphatic carbocycles. The number of cyclic esters (lactones) is 1. The number of ether oxygens (including phenoxy) is 2. The number of carbonyl (C=O) groups is 2. The summed E-state index contributed by atoms with van der Waals surface area (Å²) in [4.78, 5) is 31.2. The minimum atomic E-state index is -0.520. The predicted molar refractivity (Wildman–Crippen MR) is 126 cm³/mol. The lowest BCUT2D eigenvalue weighted by molar-refractivity contribution is -0.150. The number of likely N-dealkylation sites (N-methyl/N-ethyl adjacent to an activating group) is 1. The van der Waals surface area contributed by atoms with Crippen LogP contribution in [-0.2, 0) is 27.7 Å². The monoisotopic (exact) mass is 477 g/mol. The summed E-state index contributed by atoms with van der Waals surface area (Å²) in [5, 5.41) is 14.4. The van der Waals surface area contributed by atoms with E-state index in [1.807, 2.05) is 38.1 Å². The first kappa shape index (κ1) is 22.9. The molecular formula is C24H27N7O4. The van der Waals surface area contributed by atoms with Gasteiger partial charge in [-0.2, -0.15) is 0 Å². The van der Waals surface area contributed by atoms with Crippen LogP contribution >= 0.6 is 0 Å². The number of anilines is 1. The van der Waals surface area contributed by atoms with Gasteiger partial charge in [-0.1, -0.05) is 26.0 Å². The van der Waals surface area contributed by atoms with Gasteiger partial charge in [-0.3, -0.25) is 14.7 Å². The summed E-state index contributed by atoms with van der Waals surface area (Å²) >= 11 is 0. The minimum Gasteiger partial charge on any atom is -0.460 e. The van der Waals surface area contributed by atoms with Crippen molar-refractivity contribution in [3.05, 3.63) is 42.1 Å². The summed E-state index contributed by atoms with van der Waals surface area (Å²) in [6.45, 7) is 3.92. The third kappa shape index (κ3) is 4.12. The van der Waals surface area contributed by atoms with Crippen molar-refractivity contribution >= 4 is 17.7 Å². The van der Waals surface area contributed by atoms with E-state index >= 15 is 0 Å². The van der Waals surface area contributed by atoms with Gasteiger partial charge in [0.05, 0.1) is 11.7 Å². The van der Waals surface area contributed by atoms with E-state index in [4.69, 9.17) is 9.47 Å². The van der Waals surface area contributed by atoms with Crippen molar-refractivity contribution in [2.75, 3.05) is 18.6 Å². The normalized spacial score (nSPS) is 19.5. The van der Waals surface area contributed by atoms with E-state index in [0.717, 1.165) is 22.4 Å². The minimum absolute atomic E-state index is 0.0276. The predicted octanol–water partition coefficient (Wildman–Crippen LogP) is 1.98. The average molecular weight is 478 g/mol. The van der Waals surface area contributed by atoms with Crippen molar-refractivity contribution in [2.45, 2.75) is 38.5 Å². The maximum absolute atomic E-state index is 12.6. The van der Waals surface area contributed by atoms with Crippen LogP contribution in [0.4, 0.5) is 10.5 Å². The van der Waals surface area contributed by atoms with Crippen molar-refractivity contribution < 1.29 is 19.1 Å². The summed E-state index contributed by atoms with van der Waals surface area (Å²) in [5.74, 6) is 0.332. The van der Waals surface area contributed by atoms with Crippen molar-refractivity contribution in [3.63, 3.8) is 0 Å². The maximum atomic E-state index is 12.6. The molecule has 35 heavy (non-hydrogen) atoms. The molecule has 1 aromatic carbocycles. The molecule has 2 aliphatic rings. The van der Waals surface area contributed by atoms with E-state index < -0.39 is 18.2 Å². The molecule has 2 aromatic heterocycles. The zero-order chi connectivity index (χ0) is 24.7. The molecule has 0 saturated carbocycles. The number of pyridine rings is 1. The smallest absolute Gasteiger partial charge is 0.415 e. The van der Waals surface area contributed by atoms with Gasteiger partial charge < -0.3 is 14.8 Å². The lowest BCUT2D eigenvalue weighted by Gasteiger charge is -2.21. The van der Waals surface area contributed by atoms with Gasteiger partial charge in [0.25, 0.3) is 0 Å². The third-order valence-electron chi connectivity index (χ3n) is 6.55. The second-order valence-electron chi connectivity index (χ2n) is 9.11. The zero-order valence-electron chi connectivity index (χ0n) is 20.0. The molecule has 1 saturated heterocycles. The number of carbonyl (C=O) groups excluding carboxylic acids is 2. The number of amides is 1. The van der Waals surface area contributed by atoms with Crippen molar-refractivity contribution in [3.8, 4) is 22.6 Å². The maximum Gasteiger partial charge on any atom is 0.415 e. The van der Waals surface area contributed by atoms with Crippen LogP contribution in [0.2, 0.25) is 0 Å². The van der Waals surface area contributed by atoms with Gasteiger partial charge in [-0.25, -0.2) is 9.48 Å². The largest absolute Gasteiger partial charge is 0.460 e. The van der Waals surface area contributed by atoms with E-state index in [2.05, 4.69) is 31.9 Å². The number of benzene rings is 1. The van der Waals surface area contributed by atoms with Crippen LogP contribution in [-0.4, -0.2) is 69.1 Å². The molecule has 1 fully saturated rings. The second kappa shape index (κ2) is 9.06. The van der Waals surface area contributed by atoms with Gasteiger partial charge in [-0.05, 0) is 59.1 Å². The molecule has 1 amide bonds. The quantitative estimate of drug-likeness (QED) is 0.509. The Balaban J connectivity index is 1.31. The van der Waals surface area contributed by atoms with Crippen molar-refractivity contribution in [1.29, 1.82) is 0 Å². The van der Waals surface area contributed by atoms with E-state index in [-0.39, 0.29) is 24.5 Å². The van der Waals surface area contributed by atoms with E-state index in [1.54, 1.807) is 29.9 Å². The topological polar surface area (TPSA) is 124 Å². The number of nitrogens with zero attached hydrogens (tertiary/aromatic N) is 6. The standard InChI is InChI=1S/C24H27N7O4/c1-13(2)21(25-3)23(32)34-12-20-19-10-16-9-14(6-8-18(16)31(19)24(33)35-20)15-5-7-17(26-11-15)22-27-28-29-30(22)4/h5-9,11,13,19-21,25H,10,12H2,1-4H3. The number of hydrogen-bond acceptors (Lipinski definition) is 9. The molecule has 3 unspecified atom stereocenters. The molecular weight excluding hydrogens is 450 g/mol. The number of nitrogens with one attached hydrogen (secondary N) is 1. The SMILES string of the molecule is CNC(C(=O)OCC1OC(=O)N2c3ccc(-c4ccc(-c5nnnn5C)nc4)cc3CC12)C(C)C. The van der Waals surface area contributed by atoms with Crippen LogP contribution in [0.25, 0.3) is 22.6 Å². The van der Waals surface area contributed by atoms with E-state index in [0.29, 0.717) is 17.9 Å². The highest BCUT2D eigenvalue weighted by Gasteiger charge is 2.48. The Morgan fingerprint density at radius 1 is 1.26 bits per heavy atom. The first-order valence-electron chi connectivity index (χ1n) is 11.5. The van der Waals surface area contributed by atoms with Gasteiger partial charge in [-0.15, -0.1) is 5.10 Å². The van der Waals surface area contributed by atoms with Gasteiger partial charge >= 0.3 is 12.1 Å². The Morgan fingerprint density at radius 3 is 2.71 bits per heavy atom. The van der Waals surface area contributed by atoms with Gasteiger partial charge in [0.15, 0.2) is 11.9 Å². The molecule has 11 nitrogen and oxygen atoms in total. The number of aromatic nitrogens is 5. The van der Waals surface area contributed by atoms with Crippen LogP contribution in [0.15, 0.2) is 36.5 Å². The van der Waals surface area contributed by atoms with Crippen molar-refractivity contribution in [2.24, 2.45) is 13.0 Å². The number of esters is 1. The summed E-state index contributed by atoms with van der Waals surface area (Å²) in [5.41, 5.74) is 4.48. The molecule has 182 valence electrons. The Labute approximate surface area is 202 Å².